The van der Waals surface area contributed by atoms with Gasteiger partial charge in [0.05, 0.1) is 0 Å². The molecule has 1 unspecified atom stereocenters. The zero-order valence-electron chi connectivity index (χ0n) is 11.0. The number of hydrogen-bond acceptors (Lipinski definition) is 4. The zero-order chi connectivity index (χ0) is 14.7. The van der Waals surface area contributed by atoms with E-state index in [0.29, 0.717) is 17.0 Å². The van der Waals surface area contributed by atoms with Crippen LogP contribution in [0.5, 0.6) is 5.75 Å². The van der Waals surface area contributed by atoms with Gasteiger partial charge in [0.25, 0.3) is 0 Å². The quantitative estimate of drug-likeness (QED) is 0.900. The second-order valence-corrected chi connectivity index (χ2v) is 5.56. The van der Waals surface area contributed by atoms with Gasteiger partial charge in [-0.05, 0) is 18.2 Å². The van der Waals surface area contributed by atoms with E-state index in [-0.39, 0.29) is 5.92 Å². The summed E-state index contributed by atoms with van der Waals surface area (Å²) in [5, 5.41) is 13.1. The Labute approximate surface area is 124 Å². The molecule has 0 saturated heterocycles. The van der Waals surface area contributed by atoms with Crippen LogP contribution in [0.4, 0.5) is 0 Å². The molecule has 1 aromatic carbocycles. The number of halogens is 1. The molecule has 0 spiro atoms. The lowest BCUT2D eigenvalue weighted by Gasteiger charge is -2.20. The van der Waals surface area contributed by atoms with Crippen LogP contribution in [0.3, 0.4) is 0 Å². The average molecular weight is 340 g/mol. The molecule has 2 rings (SSSR count). The molecule has 0 aliphatic carbocycles. The number of hydrogen-bond donors (Lipinski definition) is 1. The first kappa shape index (κ1) is 14.6. The molecule has 2 aromatic rings. The minimum Gasteiger partial charge on any atom is -0.478 e. The molecule has 1 aromatic heterocycles. The molecule has 20 heavy (non-hydrogen) atoms. The highest BCUT2D eigenvalue weighted by Gasteiger charge is 2.25. The number of aromatic nitrogens is 1. The first-order chi connectivity index (χ1) is 9.49. The first-order valence-electron chi connectivity index (χ1n) is 6.09. The largest absolute Gasteiger partial charge is 0.478 e. The molecule has 1 N–H and O–H groups in total. The van der Waals surface area contributed by atoms with Crippen LogP contribution in [0.25, 0.3) is 11.3 Å². The standard InChI is InChI=1S/C14H14BrNO4/c1-8(2)13(14(17)18)20-12-4-3-9(15)7-10(12)11-5-6-19-16-11/h3-8,13H,1-2H3,(H,17,18). The summed E-state index contributed by atoms with van der Waals surface area (Å²) in [6.45, 7) is 3.60. The highest BCUT2D eigenvalue weighted by Crippen LogP contribution is 2.33. The lowest BCUT2D eigenvalue weighted by Crippen LogP contribution is -2.32. The van der Waals surface area contributed by atoms with E-state index in [0.717, 1.165) is 4.47 Å². The molecule has 1 heterocycles. The van der Waals surface area contributed by atoms with Crippen LogP contribution in [-0.4, -0.2) is 22.3 Å². The van der Waals surface area contributed by atoms with Gasteiger partial charge < -0.3 is 14.4 Å². The molecule has 0 radical (unpaired) electrons. The molecule has 0 saturated carbocycles. The van der Waals surface area contributed by atoms with E-state index in [1.807, 2.05) is 6.07 Å². The second-order valence-electron chi connectivity index (χ2n) is 4.65. The second kappa shape index (κ2) is 6.09. The van der Waals surface area contributed by atoms with E-state index in [1.54, 1.807) is 32.0 Å². The van der Waals surface area contributed by atoms with Gasteiger partial charge in [-0.1, -0.05) is 34.9 Å². The minimum absolute atomic E-state index is 0.152. The number of rotatable bonds is 5. The Kier molecular flexibility index (Phi) is 4.44. The SMILES string of the molecule is CC(C)C(Oc1ccc(Br)cc1-c1ccon1)C(=O)O. The summed E-state index contributed by atoms with van der Waals surface area (Å²) in [5.74, 6) is -0.682. The minimum atomic E-state index is -0.992. The number of carboxylic acid groups (broad SMARTS) is 1. The van der Waals surface area contributed by atoms with Crippen molar-refractivity contribution in [3.05, 3.63) is 35.0 Å². The molecule has 0 aliphatic heterocycles. The summed E-state index contributed by atoms with van der Waals surface area (Å²) < 4.78 is 11.3. The fourth-order valence-electron chi connectivity index (χ4n) is 1.77. The summed E-state index contributed by atoms with van der Waals surface area (Å²) in [5.41, 5.74) is 1.27. The Morgan fingerprint density at radius 2 is 2.15 bits per heavy atom. The number of ether oxygens (including phenoxy) is 1. The molecule has 0 fully saturated rings. The molecule has 5 nitrogen and oxygen atoms in total. The lowest BCUT2D eigenvalue weighted by atomic mass is 10.1. The Morgan fingerprint density at radius 1 is 1.40 bits per heavy atom. The highest BCUT2D eigenvalue weighted by molar-refractivity contribution is 9.10. The van der Waals surface area contributed by atoms with Crippen LogP contribution in [0.2, 0.25) is 0 Å². The van der Waals surface area contributed by atoms with Crippen molar-refractivity contribution in [1.82, 2.24) is 5.16 Å². The summed E-state index contributed by atoms with van der Waals surface area (Å²) in [4.78, 5) is 11.2. The number of carbonyl (C=O) groups is 1. The molecule has 1 atom stereocenters. The van der Waals surface area contributed by atoms with Crippen molar-refractivity contribution in [3.63, 3.8) is 0 Å². The van der Waals surface area contributed by atoms with Crippen LogP contribution in [0.1, 0.15) is 13.8 Å². The van der Waals surface area contributed by atoms with E-state index >= 15 is 0 Å². The van der Waals surface area contributed by atoms with E-state index in [1.165, 1.54) is 6.26 Å². The Hall–Kier alpha value is -1.82. The van der Waals surface area contributed by atoms with Crippen LogP contribution in [-0.2, 0) is 4.79 Å². The van der Waals surface area contributed by atoms with Crippen molar-refractivity contribution in [1.29, 1.82) is 0 Å². The Balaban J connectivity index is 2.39. The molecule has 6 heteroatoms. The topological polar surface area (TPSA) is 72.6 Å². The van der Waals surface area contributed by atoms with Crippen molar-refractivity contribution in [3.8, 4) is 17.0 Å². The normalized spacial score (nSPS) is 12.4. The third-order valence-electron chi connectivity index (χ3n) is 2.76. The first-order valence-corrected chi connectivity index (χ1v) is 6.88. The fourth-order valence-corrected chi connectivity index (χ4v) is 2.13. The van der Waals surface area contributed by atoms with Crippen molar-refractivity contribution in [2.24, 2.45) is 5.92 Å². The summed E-state index contributed by atoms with van der Waals surface area (Å²) in [6.07, 6.45) is 0.541. The van der Waals surface area contributed by atoms with Gasteiger partial charge in [-0.2, -0.15) is 0 Å². The Morgan fingerprint density at radius 3 is 2.70 bits per heavy atom. The monoisotopic (exact) mass is 339 g/mol. The summed E-state index contributed by atoms with van der Waals surface area (Å²) >= 11 is 3.38. The molecular weight excluding hydrogens is 326 g/mol. The van der Waals surface area contributed by atoms with E-state index in [4.69, 9.17) is 9.26 Å². The maximum atomic E-state index is 11.2. The third-order valence-corrected chi connectivity index (χ3v) is 3.25. The van der Waals surface area contributed by atoms with Gasteiger partial charge in [0.15, 0.2) is 6.10 Å². The molecule has 106 valence electrons. The predicted molar refractivity (Wildman–Crippen MR) is 76.5 cm³/mol. The van der Waals surface area contributed by atoms with Gasteiger partial charge in [-0.15, -0.1) is 0 Å². The van der Waals surface area contributed by atoms with Crippen molar-refractivity contribution in [2.75, 3.05) is 0 Å². The maximum Gasteiger partial charge on any atom is 0.345 e. The highest BCUT2D eigenvalue weighted by atomic mass is 79.9. The number of aliphatic carboxylic acids is 1. The Bertz CT molecular complexity index is 595. The molecule has 0 amide bonds. The maximum absolute atomic E-state index is 11.2. The van der Waals surface area contributed by atoms with Crippen LogP contribution < -0.4 is 4.74 Å². The van der Waals surface area contributed by atoms with Gasteiger partial charge in [0.1, 0.15) is 17.7 Å². The summed E-state index contributed by atoms with van der Waals surface area (Å²) in [7, 11) is 0. The molecular formula is C14H14BrNO4. The van der Waals surface area contributed by atoms with E-state index in [9.17, 15) is 9.90 Å². The van der Waals surface area contributed by atoms with Crippen molar-refractivity contribution >= 4 is 21.9 Å². The predicted octanol–water partition coefficient (Wildman–Crippen LogP) is 3.59. The van der Waals surface area contributed by atoms with Crippen molar-refractivity contribution < 1.29 is 19.2 Å². The van der Waals surface area contributed by atoms with Crippen LogP contribution in [0.15, 0.2) is 39.5 Å². The van der Waals surface area contributed by atoms with Gasteiger partial charge in [-0.3, -0.25) is 0 Å². The smallest absolute Gasteiger partial charge is 0.345 e. The number of benzene rings is 1. The average Bonchev–Trinajstić information content (AvgIpc) is 2.89. The number of carboxylic acids is 1. The van der Waals surface area contributed by atoms with Gasteiger partial charge >= 0.3 is 5.97 Å². The lowest BCUT2D eigenvalue weighted by molar-refractivity contribution is -0.147. The zero-order valence-corrected chi connectivity index (χ0v) is 12.6. The van der Waals surface area contributed by atoms with E-state index < -0.39 is 12.1 Å². The van der Waals surface area contributed by atoms with Gasteiger partial charge in [-0.25, -0.2) is 4.79 Å². The fraction of sp³-hybridized carbons (Fsp3) is 0.286. The summed E-state index contributed by atoms with van der Waals surface area (Å²) in [6, 6.07) is 7.01. The van der Waals surface area contributed by atoms with Crippen molar-refractivity contribution in [2.45, 2.75) is 20.0 Å². The van der Waals surface area contributed by atoms with Crippen LogP contribution >= 0.6 is 15.9 Å². The van der Waals surface area contributed by atoms with Gasteiger partial charge in [0, 0.05) is 22.0 Å². The van der Waals surface area contributed by atoms with Crippen LogP contribution in [0, 0.1) is 5.92 Å². The molecule has 0 bridgehead atoms. The van der Waals surface area contributed by atoms with E-state index in [2.05, 4.69) is 21.1 Å². The molecule has 0 aliphatic rings. The number of nitrogens with zero attached hydrogens (tertiary/aromatic N) is 1. The third kappa shape index (κ3) is 3.19. The van der Waals surface area contributed by atoms with Gasteiger partial charge in [0.2, 0.25) is 0 Å².